The number of carbonyl (C=O) groups is 3. The van der Waals surface area contributed by atoms with Gasteiger partial charge in [-0.25, -0.2) is 17.2 Å². The van der Waals surface area contributed by atoms with Crippen LogP contribution in [-0.2, 0) is 35.7 Å². The molecule has 7 rings (SSSR count). The lowest BCUT2D eigenvalue weighted by Gasteiger charge is -2.36. The first kappa shape index (κ1) is 38.6. The number of alkyl halides is 2. The van der Waals surface area contributed by atoms with Gasteiger partial charge in [-0.15, -0.1) is 0 Å². The molecule has 2 saturated carbocycles. The van der Waals surface area contributed by atoms with Crippen molar-refractivity contribution in [2.45, 2.75) is 94.7 Å². The molecule has 1 aliphatic heterocycles. The minimum Gasteiger partial charge on any atom is -0.390 e. The van der Waals surface area contributed by atoms with Crippen LogP contribution in [-0.4, -0.2) is 85.2 Å². The number of halogens is 2. The Balaban J connectivity index is 1.14. The minimum atomic E-state index is -4.08. The van der Waals surface area contributed by atoms with E-state index in [2.05, 4.69) is 15.8 Å². The van der Waals surface area contributed by atoms with Crippen LogP contribution in [0.3, 0.4) is 0 Å². The number of rotatable bonds is 14. The summed E-state index contributed by atoms with van der Waals surface area (Å²) >= 11 is 0. The van der Waals surface area contributed by atoms with Crippen molar-refractivity contribution in [2.24, 2.45) is 16.5 Å². The molecule has 11 nitrogen and oxygen atoms in total. The fraction of sp³-hybridized carbons (Fsp3) is 0.463. The molecule has 5 atom stereocenters. The van der Waals surface area contributed by atoms with Gasteiger partial charge in [0.1, 0.15) is 23.4 Å². The molecule has 55 heavy (non-hydrogen) atoms. The normalized spacial score (nSPS) is 23.5. The predicted molar refractivity (Wildman–Crippen MR) is 204 cm³/mol. The number of aryl methyl sites for hydroxylation is 1. The number of amides is 3. The third-order valence-corrected chi connectivity index (χ3v) is 12.8. The molecule has 292 valence electrons. The number of carbonyl (C=O) groups excluding carboxylic acids is 3. The van der Waals surface area contributed by atoms with Crippen molar-refractivity contribution in [1.29, 1.82) is 0 Å². The van der Waals surface area contributed by atoms with E-state index >= 15 is 0 Å². The molecule has 3 fully saturated rings. The Labute approximate surface area is 320 Å². The van der Waals surface area contributed by atoms with Crippen LogP contribution >= 0.6 is 0 Å². The van der Waals surface area contributed by atoms with Crippen molar-refractivity contribution in [3.05, 3.63) is 95.6 Å². The van der Waals surface area contributed by atoms with Gasteiger partial charge in [-0.05, 0) is 60.8 Å². The van der Waals surface area contributed by atoms with E-state index in [9.17, 15) is 31.6 Å². The van der Waals surface area contributed by atoms with Gasteiger partial charge in [-0.3, -0.25) is 19.1 Å². The molecule has 0 spiro atoms. The molecule has 3 amide bonds. The van der Waals surface area contributed by atoms with Crippen LogP contribution in [0.15, 0.2) is 84.0 Å². The number of sulfonamides is 1. The molecule has 1 heterocycles. The monoisotopic (exact) mass is 775 g/mol. The van der Waals surface area contributed by atoms with E-state index in [0.29, 0.717) is 25.1 Å². The van der Waals surface area contributed by atoms with E-state index in [0.717, 1.165) is 35.1 Å². The van der Waals surface area contributed by atoms with Gasteiger partial charge in [0.25, 0.3) is 5.91 Å². The van der Waals surface area contributed by atoms with E-state index in [4.69, 9.17) is 4.84 Å². The Bertz CT molecular complexity index is 2040. The smallest absolute Gasteiger partial charge is 0.259 e. The molecule has 4 aliphatic rings. The van der Waals surface area contributed by atoms with E-state index in [1.165, 1.54) is 10.5 Å². The Morgan fingerprint density at radius 2 is 1.53 bits per heavy atom. The lowest BCUT2D eigenvalue weighted by Crippen LogP contribution is -2.60. The van der Waals surface area contributed by atoms with E-state index in [1.807, 2.05) is 104 Å². The first-order chi connectivity index (χ1) is 26.2. The van der Waals surface area contributed by atoms with Gasteiger partial charge >= 0.3 is 0 Å². The number of hydrogen-bond donors (Lipinski definition) is 3. The largest absolute Gasteiger partial charge is 0.390 e. The number of nitrogens with one attached hydrogen (secondary N) is 3. The molecule has 0 unspecified atom stereocenters. The number of oxime groups is 1. The number of fused-ring (bicyclic) bond motifs is 3. The van der Waals surface area contributed by atoms with Gasteiger partial charge in [-0.1, -0.05) is 105 Å². The fourth-order valence-corrected chi connectivity index (χ4v) is 9.10. The van der Waals surface area contributed by atoms with Gasteiger partial charge < -0.3 is 20.4 Å². The maximum atomic E-state index is 14.6. The Morgan fingerprint density at radius 1 is 0.927 bits per heavy atom. The molecule has 0 radical (unpaired) electrons. The highest BCUT2D eigenvalue weighted by Gasteiger charge is 2.66. The van der Waals surface area contributed by atoms with Crippen molar-refractivity contribution in [3.8, 4) is 11.1 Å². The van der Waals surface area contributed by atoms with Crippen molar-refractivity contribution < 1.29 is 36.4 Å². The average molecular weight is 776 g/mol. The highest BCUT2D eigenvalue weighted by molar-refractivity contribution is 7.91. The van der Waals surface area contributed by atoms with Crippen LogP contribution in [0.25, 0.3) is 11.1 Å². The van der Waals surface area contributed by atoms with Gasteiger partial charge in [0.15, 0.2) is 0 Å². The molecule has 3 aromatic rings. The van der Waals surface area contributed by atoms with Crippen molar-refractivity contribution >= 4 is 33.5 Å². The SMILES string of the molecule is CC(C)(C)[C@H](NCCCc1ccccc1)C(=O)N1C[C@H](ON=C2c3ccccc3-c3ccccc32)C[C@H]1C(=O)N[C@@]1(C(=O)NS(=O)(=O)C2CC2)C[C@H]1C(F)F. The van der Waals surface area contributed by atoms with Crippen LogP contribution in [0.4, 0.5) is 8.78 Å². The molecular weight excluding hydrogens is 729 g/mol. The molecule has 3 N–H and O–H groups in total. The van der Waals surface area contributed by atoms with Gasteiger partial charge in [0, 0.05) is 17.5 Å². The summed E-state index contributed by atoms with van der Waals surface area (Å²) < 4.78 is 55.5. The second kappa shape index (κ2) is 15.1. The van der Waals surface area contributed by atoms with E-state index in [1.54, 1.807) is 0 Å². The molecule has 1 saturated heterocycles. The summed E-state index contributed by atoms with van der Waals surface area (Å²) in [4.78, 5) is 49.7. The second-order valence-electron chi connectivity index (χ2n) is 16.1. The van der Waals surface area contributed by atoms with Crippen LogP contribution in [0, 0.1) is 11.3 Å². The van der Waals surface area contributed by atoms with Gasteiger partial charge in [0.2, 0.25) is 28.3 Å². The Morgan fingerprint density at radius 3 is 2.09 bits per heavy atom. The highest BCUT2D eigenvalue weighted by atomic mass is 32.2. The summed E-state index contributed by atoms with van der Waals surface area (Å²) in [6.07, 6.45) is -1.99. The Hall–Kier alpha value is -4.69. The fourth-order valence-electron chi connectivity index (χ4n) is 7.74. The maximum absolute atomic E-state index is 14.6. The van der Waals surface area contributed by atoms with Gasteiger partial charge in [-0.2, -0.15) is 0 Å². The molecule has 3 aromatic carbocycles. The average Bonchev–Trinajstić information content (AvgIpc) is 4.07. The minimum absolute atomic E-state index is 0.0389. The van der Waals surface area contributed by atoms with Crippen molar-refractivity contribution in [1.82, 2.24) is 20.3 Å². The summed E-state index contributed by atoms with van der Waals surface area (Å²) in [5.74, 6) is -4.02. The zero-order valence-corrected chi connectivity index (χ0v) is 32.0. The molecular formula is C41H47F2N5O6S. The molecule has 0 bridgehead atoms. The molecule has 0 aromatic heterocycles. The van der Waals surface area contributed by atoms with Crippen LogP contribution < -0.4 is 15.4 Å². The summed E-state index contributed by atoms with van der Waals surface area (Å²) in [6.45, 7) is 6.21. The van der Waals surface area contributed by atoms with Crippen molar-refractivity contribution in [2.75, 3.05) is 13.1 Å². The quantitative estimate of drug-likeness (QED) is 0.123. The highest BCUT2D eigenvalue weighted by Crippen LogP contribution is 2.48. The van der Waals surface area contributed by atoms with Crippen LogP contribution in [0.2, 0.25) is 0 Å². The predicted octanol–water partition coefficient (Wildman–Crippen LogP) is 4.79. The topological polar surface area (TPSA) is 146 Å². The molecule has 14 heteroatoms. The molecule has 3 aliphatic carbocycles. The van der Waals surface area contributed by atoms with Crippen molar-refractivity contribution in [3.63, 3.8) is 0 Å². The summed E-state index contributed by atoms with van der Waals surface area (Å²) in [7, 11) is -4.08. The van der Waals surface area contributed by atoms with Crippen LogP contribution in [0.1, 0.15) is 69.6 Å². The Kier molecular flexibility index (Phi) is 10.6. The second-order valence-corrected chi connectivity index (χ2v) is 18.1. The standard InChI is InChI=1S/C41H47F2N5O6S/c1-40(2,3)35(44-21-11-14-25-12-5-4-6-13-25)38(50)48-24-26(54-46-34-30-17-9-7-15-28(30)29-16-8-10-18-31(29)34)22-33(48)37(49)45-41(23-32(41)36(42)43)39(51)47-55(52,53)27-19-20-27/h4-10,12-13,15-18,26-27,32-33,35-36,44H,11,14,19-24H2,1-3H3,(H,45,49)(H,47,51)/t26-,32+,33+,35-,41+/m1/s1. The number of hydrogen-bond acceptors (Lipinski definition) is 8. The summed E-state index contributed by atoms with van der Waals surface area (Å²) in [5, 5.41) is 9.70. The number of likely N-dealkylation sites (tertiary alicyclic amines) is 1. The number of benzene rings is 3. The lowest BCUT2D eigenvalue weighted by atomic mass is 9.85. The van der Waals surface area contributed by atoms with Crippen LogP contribution in [0.5, 0.6) is 0 Å². The summed E-state index contributed by atoms with van der Waals surface area (Å²) in [6, 6.07) is 23.6. The third kappa shape index (κ3) is 8.02. The summed E-state index contributed by atoms with van der Waals surface area (Å²) in [5.41, 5.74) is 2.77. The zero-order valence-electron chi connectivity index (χ0n) is 31.1. The number of nitrogens with zero attached hydrogens (tertiary/aromatic N) is 2. The third-order valence-electron chi connectivity index (χ3n) is 11.0. The first-order valence-electron chi connectivity index (χ1n) is 18.9. The maximum Gasteiger partial charge on any atom is 0.259 e. The zero-order chi connectivity index (χ0) is 39.1. The first-order valence-corrected chi connectivity index (χ1v) is 20.4. The van der Waals surface area contributed by atoms with E-state index < -0.39 is 80.9 Å². The van der Waals surface area contributed by atoms with E-state index in [-0.39, 0.29) is 13.0 Å². The van der Waals surface area contributed by atoms with Gasteiger partial charge in [0.05, 0.1) is 23.8 Å². The lowest BCUT2D eigenvalue weighted by molar-refractivity contribution is -0.143.